The van der Waals surface area contributed by atoms with Crippen LogP contribution in [0, 0.1) is 17.0 Å². The minimum absolute atomic E-state index is 0.0168. The van der Waals surface area contributed by atoms with E-state index >= 15 is 0 Å². The quantitative estimate of drug-likeness (QED) is 0.348. The van der Waals surface area contributed by atoms with Crippen LogP contribution in [0.4, 0.5) is 11.4 Å². The van der Waals surface area contributed by atoms with Gasteiger partial charge in [-0.1, -0.05) is 22.0 Å². The molecule has 0 aliphatic rings. The molecule has 3 rings (SSSR count). The number of rotatable bonds is 5. The highest BCUT2D eigenvalue weighted by molar-refractivity contribution is 9.10. The SMILES string of the molecule is Cc1c(C(=O)OC(C)C(=O)Nc2cccc([N+](=O)[O-])c2)oc2ccc(Br)cc12. The maximum atomic E-state index is 12.4. The molecule has 0 saturated heterocycles. The third-order valence-corrected chi connectivity index (χ3v) is 4.55. The molecule has 0 fully saturated rings. The van der Waals surface area contributed by atoms with E-state index in [0.717, 1.165) is 9.86 Å². The van der Waals surface area contributed by atoms with Crippen LogP contribution in [0.25, 0.3) is 11.0 Å². The molecule has 28 heavy (non-hydrogen) atoms. The van der Waals surface area contributed by atoms with Gasteiger partial charge in [0.2, 0.25) is 5.76 Å². The van der Waals surface area contributed by atoms with Crippen molar-refractivity contribution in [3.05, 3.63) is 68.4 Å². The Morgan fingerprint density at radius 3 is 2.71 bits per heavy atom. The van der Waals surface area contributed by atoms with Gasteiger partial charge in [-0.3, -0.25) is 14.9 Å². The summed E-state index contributed by atoms with van der Waals surface area (Å²) >= 11 is 3.36. The summed E-state index contributed by atoms with van der Waals surface area (Å²) in [4.78, 5) is 34.9. The van der Waals surface area contributed by atoms with E-state index < -0.39 is 22.9 Å². The Balaban J connectivity index is 1.72. The van der Waals surface area contributed by atoms with E-state index in [-0.39, 0.29) is 17.1 Å². The van der Waals surface area contributed by atoms with E-state index in [1.54, 1.807) is 19.1 Å². The van der Waals surface area contributed by atoms with Crippen molar-refractivity contribution in [2.45, 2.75) is 20.0 Å². The first-order valence-electron chi connectivity index (χ1n) is 8.21. The molecular weight excluding hydrogens is 432 g/mol. The lowest BCUT2D eigenvalue weighted by Crippen LogP contribution is -2.30. The number of nitro groups is 1. The van der Waals surface area contributed by atoms with Crippen LogP contribution in [0.2, 0.25) is 0 Å². The zero-order chi connectivity index (χ0) is 20.4. The predicted octanol–water partition coefficient (Wildman–Crippen LogP) is 4.60. The number of nitrogens with one attached hydrogen (secondary N) is 1. The van der Waals surface area contributed by atoms with Gasteiger partial charge in [-0.15, -0.1) is 0 Å². The lowest BCUT2D eigenvalue weighted by atomic mass is 10.1. The third-order valence-electron chi connectivity index (χ3n) is 4.06. The van der Waals surface area contributed by atoms with Crippen molar-refractivity contribution in [3.63, 3.8) is 0 Å². The second-order valence-corrected chi connectivity index (χ2v) is 6.96. The highest BCUT2D eigenvalue weighted by Gasteiger charge is 2.24. The molecule has 0 bridgehead atoms. The smallest absolute Gasteiger partial charge is 0.375 e. The average molecular weight is 447 g/mol. The van der Waals surface area contributed by atoms with Crippen molar-refractivity contribution in [1.29, 1.82) is 0 Å². The maximum absolute atomic E-state index is 12.4. The molecule has 1 aromatic heterocycles. The van der Waals surface area contributed by atoms with Crippen LogP contribution in [-0.4, -0.2) is 22.9 Å². The van der Waals surface area contributed by atoms with Crippen LogP contribution in [-0.2, 0) is 9.53 Å². The number of esters is 1. The molecule has 2 aromatic carbocycles. The molecule has 1 unspecified atom stereocenters. The number of anilines is 1. The Morgan fingerprint density at radius 1 is 1.25 bits per heavy atom. The Hall–Kier alpha value is -3.20. The number of carbonyl (C=O) groups is 2. The summed E-state index contributed by atoms with van der Waals surface area (Å²) < 4.78 is 11.6. The van der Waals surface area contributed by atoms with Gasteiger partial charge in [-0.2, -0.15) is 0 Å². The van der Waals surface area contributed by atoms with E-state index in [1.165, 1.54) is 31.2 Å². The summed E-state index contributed by atoms with van der Waals surface area (Å²) in [5.74, 6) is -1.38. The molecule has 8 nitrogen and oxygen atoms in total. The highest BCUT2D eigenvalue weighted by Crippen LogP contribution is 2.28. The van der Waals surface area contributed by atoms with Crippen LogP contribution >= 0.6 is 15.9 Å². The summed E-state index contributed by atoms with van der Waals surface area (Å²) in [6.07, 6.45) is -1.13. The van der Waals surface area contributed by atoms with Gasteiger partial charge in [-0.05, 0) is 38.1 Å². The van der Waals surface area contributed by atoms with Gasteiger partial charge in [0.25, 0.3) is 11.6 Å². The van der Waals surface area contributed by atoms with Crippen LogP contribution in [0.15, 0.2) is 51.4 Å². The van der Waals surface area contributed by atoms with E-state index in [2.05, 4.69) is 21.2 Å². The number of ether oxygens (including phenoxy) is 1. The third kappa shape index (κ3) is 4.04. The number of carbonyl (C=O) groups excluding carboxylic acids is 2. The standard InChI is InChI=1S/C19H15BrN2O6/c1-10-15-8-12(20)6-7-16(15)28-17(10)19(24)27-11(2)18(23)21-13-4-3-5-14(9-13)22(25)26/h3-9,11H,1-2H3,(H,21,23). The predicted molar refractivity (Wildman–Crippen MR) is 105 cm³/mol. The first-order chi connectivity index (χ1) is 13.3. The highest BCUT2D eigenvalue weighted by atomic mass is 79.9. The van der Waals surface area contributed by atoms with Crippen molar-refractivity contribution in [2.75, 3.05) is 5.32 Å². The lowest BCUT2D eigenvalue weighted by Gasteiger charge is -2.13. The molecule has 1 N–H and O–H groups in total. The Bertz CT molecular complexity index is 1090. The molecule has 0 aliphatic carbocycles. The number of halogens is 1. The molecule has 0 radical (unpaired) electrons. The van der Waals surface area contributed by atoms with Crippen molar-refractivity contribution in [3.8, 4) is 0 Å². The lowest BCUT2D eigenvalue weighted by molar-refractivity contribution is -0.384. The van der Waals surface area contributed by atoms with Gasteiger partial charge in [0.05, 0.1) is 4.92 Å². The van der Waals surface area contributed by atoms with E-state index in [4.69, 9.17) is 9.15 Å². The molecule has 1 atom stereocenters. The number of nitro benzene ring substituents is 1. The minimum atomic E-state index is -1.13. The fourth-order valence-corrected chi connectivity index (χ4v) is 2.96. The van der Waals surface area contributed by atoms with Gasteiger partial charge in [0.1, 0.15) is 5.58 Å². The summed E-state index contributed by atoms with van der Waals surface area (Å²) in [5, 5.41) is 14.1. The molecule has 0 saturated carbocycles. The molecule has 1 amide bonds. The van der Waals surface area contributed by atoms with Crippen molar-refractivity contribution in [2.24, 2.45) is 0 Å². The Labute approximate surface area is 167 Å². The molecule has 3 aromatic rings. The molecule has 0 aliphatic heterocycles. The van der Waals surface area contributed by atoms with Crippen LogP contribution in [0.3, 0.4) is 0 Å². The van der Waals surface area contributed by atoms with E-state index in [9.17, 15) is 19.7 Å². The van der Waals surface area contributed by atoms with Gasteiger partial charge < -0.3 is 14.5 Å². The van der Waals surface area contributed by atoms with E-state index in [0.29, 0.717) is 11.1 Å². The van der Waals surface area contributed by atoms with Gasteiger partial charge in [-0.25, -0.2) is 4.79 Å². The molecule has 1 heterocycles. The Kier molecular flexibility index (Phi) is 5.46. The van der Waals surface area contributed by atoms with Crippen LogP contribution in [0.1, 0.15) is 23.0 Å². The van der Waals surface area contributed by atoms with Gasteiger partial charge in [0, 0.05) is 33.2 Å². The number of furan rings is 1. The van der Waals surface area contributed by atoms with Crippen LogP contribution in [0.5, 0.6) is 0 Å². The van der Waals surface area contributed by atoms with Crippen molar-refractivity contribution < 1.29 is 23.7 Å². The zero-order valence-electron chi connectivity index (χ0n) is 14.9. The number of amides is 1. The number of hydrogen-bond acceptors (Lipinski definition) is 6. The summed E-state index contributed by atoms with van der Waals surface area (Å²) in [5.41, 5.74) is 1.20. The fraction of sp³-hybridized carbons (Fsp3) is 0.158. The average Bonchev–Trinajstić information content (AvgIpc) is 2.98. The second-order valence-electron chi connectivity index (χ2n) is 6.04. The molecule has 9 heteroatoms. The number of benzene rings is 2. The normalized spacial score (nSPS) is 11.8. The number of aryl methyl sites for hydroxylation is 1. The molecule has 144 valence electrons. The van der Waals surface area contributed by atoms with Crippen LogP contribution < -0.4 is 5.32 Å². The van der Waals surface area contributed by atoms with Gasteiger partial charge >= 0.3 is 5.97 Å². The second kappa shape index (κ2) is 7.81. The number of fused-ring (bicyclic) bond motifs is 1. The number of non-ortho nitro benzene ring substituents is 1. The Morgan fingerprint density at radius 2 is 2.00 bits per heavy atom. The summed E-state index contributed by atoms with van der Waals surface area (Å²) in [6.45, 7) is 3.13. The molecule has 0 spiro atoms. The monoisotopic (exact) mass is 446 g/mol. The topological polar surface area (TPSA) is 112 Å². The van der Waals surface area contributed by atoms with Crippen molar-refractivity contribution >= 4 is 50.2 Å². The van der Waals surface area contributed by atoms with E-state index in [1.807, 2.05) is 6.07 Å². The fourth-order valence-electron chi connectivity index (χ4n) is 2.60. The molecular formula is C19H15BrN2O6. The number of hydrogen-bond donors (Lipinski definition) is 1. The van der Waals surface area contributed by atoms with Gasteiger partial charge in [0.15, 0.2) is 6.10 Å². The van der Waals surface area contributed by atoms with Crippen molar-refractivity contribution in [1.82, 2.24) is 0 Å². The first-order valence-corrected chi connectivity index (χ1v) is 9.00. The first kappa shape index (κ1) is 19.6. The zero-order valence-corrected chi connectivity index (χ0v) is 16.5. The minimum Gasteiger partial charge on any atom is -0.449 e. The maximum Gasteiger partial charge on any atom is 0.375 e. The number of nitrogens with zero attached hydrogens (tertiary/aromatic N) is 1. The summed E-state index contributed by atoms with van der Waals surface area (Å²) in [6, 6.07) is 10.8. The summed E-state index contributed by atoms with van der Waals surface area (Å²) in [7, 11) is 0. The largest absolute Gasteiger partial charge is 0.449 e.